The van der Waals surface area contributed by atoms with Gasteiger partial charge in [0.05, 0.1) is 30.4 Å². The Balaban J connectivity index is 1.93. The van der Waals surface area contributed by atoms with Crippen LogP contribution in [-0.4, -0.2) is 25.1 Å². The molecule has 0 aliphatic heterocycles. The molecule has 1 aromatic heterocycles. The number of methoxy groups -OCH3 is 2. The summed E-state index contributed by atoms with van der Waals surface area (Å²) in [5, 5.41) is 4.15. The molecule has 0 atom stereocenters. The number of amides is 1. The third kappa shape index (κ3) is 3.12. The summed E-state index contributed by atoms with van der Waals surface area (Å²) < 4.78 is 10.4. The van der Waals surface area contributed by atoms with Crippen LogP contribution in [0.25, 0.3) is 10.9 Å². The average Bonchev–Trinajstić information content (AvgIpc) is 2.62. The molecule has 1 N–H and O–H groups in total. The fourth-order valence-electron chi connectivity index (χ4n) is 2.34. The van der Waals surface area contributed by atoms with Crippen molar-refractivity contribution >= 4 is 34.1 Å². The van der Waals surface area contributed by atoms with Crippen LogP contribution >= 0.6 is 11.6 Å². The molecule has 0 unspecified atom stereocenters. The van der Waals surface area contributed by atoms with E-state index in [1.165, 1.54) is 14.2 Å². The summed E-state index contributed by atoms with van der Waals surface area (Å²) in [5.74, 6) is 0.539. The molecule has 24 heavy (non-hydrogen) atoms. The third-order valence-corrected chi connectivity index (χ3v) is 3.85. The first-order chi connectivity index (χ1) is 11.6. The Hall–Kier alpha value is -2.79. The molecule has 0 spiro atoms. The smallest absolute Gasteiger partial charge is 0.274 e. The minimum Gasteiger partial charge on any atom is -0.495 e. The van der Waals surface area contributed by atoms with Crippen molar-refractivity contribution in [3.05, 3.63) is 59.2 Å². The summed E-state index contributed by atoms with van der Waals surface area (Å²) in [6.07, 6.45) is 0. The Labute approximate surface area is 144 Å². The van der Waals surface area contributed by atoms with Crippen molar-refractivity contribution in [1.29, 1.82) is 0 Å². The van der Waals surface area contributed by atoms with Crippen LogP contribution < -0.4 is 14.8 Å². The molecule has 0 aliphatic carbocycles. The van der Waals surface area contributed by atoms with Gasteiger partial charge in [-0.2, -0.15) is 0 Å². The number of pyridine rings is 1. The predicted molar refractivity (Wildman–Crippen MR) is 94.3 cm³/mol. The highest BCUT2D eigenvalue weighted by Gasteiger charge is 2.14. The maximum absolute atomic E-state index is 12.5. The van der Waals surface area contributed by atoms with E-state index in [2.05, 4.69) is 10.3 Å². The molecule has 0 saturated carbocycles. The highest BCUT2D eigenvalue weighted by molar-refractivity contribution is 6.32. The van der Waals surface area contributed by atoms with E-state index in [0.717, 1.165) is 10.9 Å². The van der Waals surface area contributed by atoms with Gasteiger partial charge in [0.2, 0.25) is 0 Å². The van der Waals surface area contributed by atoms with Gasteiger partial charge in [0, 0.05) is 17.5 Å². The average molecular weight is 343 g/mol. The number of nitrogens with one attached hydrogen (secondary N) is 1. The molecule has 0 aliphatic rings. The van der Waals surface area contributed by atoms with Crippen molar-refractivity contribution in [1.82, 2.24) is 4.98 Å². The number of carbonyl (C=O) groups excluding carboxylic acids is 1. The van der Waals surface area contributed by atoms with Gasteiger partial charge < -0.3 is 14.8 Å². The SMILES string of the molecule is COc1cc(NC(=O)c2ccc3ccccc3n2)c(OC)cc1Cl. The number of para-hydroxylation sites is 1. The molecule has 0 fully saturated rings. The van der Waals surface area contributed by atoms with Crippen molar-refractivity contribution < 1.29 is 14.3 Å². The Morgan fingerprint density at radius 3 is 2.54 bits per heavy atom. The van der Waals surface area contributed by atoms with Crippen molar-refractivity contribution in [2.24, 2.45) is 0 Å². The molecule has 1 heterocycles. The first-order valence-corrected chi connectivity index (χ1v) is 7.59. The summed E-state index contributed by atoms with van der Waals surface area (Å²) in [6, 6.07) is 14.3. The van der Waals surface area contributed by atoms with Crippen molar-refractivity contribution in [3.8, 4) is 11.5 Å². The van der Waals surface area contributed by atoms with Crippen LogP contribution in [-0.2, 0) is 0 Å². The predicted octanol–water partition coefficient (Wildman–Crippen LogP) is 4.16. The lowest BCUT2D eigenvalue weighted by Crippen LogP contribution is -2.14. The lowest BCUT2D eigenvalue weighted by Gasteiger charge is -2.13. The summed E-state index contributed by atoms with van der Waals surface area (Å²) in [7, 11) is 3.01. The topological polar surface area (TPSA) is 60.5 Å². The summed E-state index contributed by atoms with van der Waals surface area (Å²) in [6.45, 7) is 0. The first kappa shape index (κ1) is 16.1. The maximum Gasteiger partial charge on any atom is 0.274 e. The van der Waals surface area contributed by atoms with E-state index in [1.54, 1.807) is 18.2 Å². The number of nitrogens with zero attached hydrogens (tertiary/aromatic N) is 1. The Morgan fingerprint density at radius 1 is 1.04 bits per heavy atom. The number of aromatic nitrogens is 1. The number of halogens is 1. The number of ether oxygens (including phenoxy) is 2. The first-order valence-electron chi connectivity index (χ1n) is 7.21. The number of hydrogen-bond donors (Lipinski definition) is 1. The van der Waals surface area contributed by atoms with Gasteiger partial charge >= 0.3 is 0 Å². The van der Waals surface area contributed by atoms with Gasteiger partial charge in [-0.15, -0.1) is 0 Å². The van der Waals surface area contributed by atoms with Gasteiger partial charge in [0.15, 0.2) is 0 Å². The number of carbonyl (C=O) groups is 1. The molecular formula is C18H15ClN2O3. The van der Waals surface area contributed by atoms with Crippen molar-refractivity contribution in [2.45, 2.75) is 0 Å². The summed E-state index contributed by atoms with van der Waals surface area (Å²) in [5.41, 5.74) is 1.52. The fraction of sp³-hybridized carbons (Fsp3) is 0.111. The fourth-order valence-corrected chi connectivity index (χ4v) is 2.57. The monoisotopic (exact) mass is 342 g/mol. The quantitative estimate of drug-likeness (QED) is 0.773. The summed E-state index contributed by atoms with van der Waals surface area (Å²) >= 11 is 6.07. The molecule has 0 bridgehead atoms. The highest BCUT2D eigenvalue weighted by Crippen LogP contribution is 2.36. The normalized spacial score (nSPS) is 10.5. The summed E-state index contributed by atoms with van der Waals surface area (Å²) in [4.78, 5) is 16.9. The Bertz CT molecular complexity index is 912. The van der Waals surface area contributed by atoms with E-state index in [0.29, 0.717) is 27.9 Å². The van der Waals surface area contributed by atoms with Crippen molar-refractivity contribution in [2.75, 3.05) is 19.5 Å². The van der Waals surface area contributed by atoms with E-state index >= 15 is 0 Å². The molecule has 3 rings (SSSR count). The van der Waals surface area contributed by atoms with Crippen molar-refractivity contribution in [3.63, 3.8) is 0 Å². The number of hydrogen-bond acceptors (Lipinski definition) is 4. The zero-order valence-corrected chi connectivity index (χ0v) is 13.9. The van der Waals surface area contributed by atoms with E-state index < -0.39 is 0 Å². The molecule has 6 heteroatoms. The third-order valence-electron chi connectivity index (χ3n) is 3.55. The standard InChI is InChI=1S/C18H15ClN2O3/c1-23-16-10-15(17(24-2)9-12(16)19)21-18(22)14-8-7-11-5-3-4-6-13(11)20-14/h3-10H,1-2H3,(H,21,22). The molecular weight excluding hydrogens is 328 g/mol. The van der Waals surface area contributed by atoms with Crippen LogP contribution in [0.2, 0.25) is 5.02 Å². The van der Waals surface area contributed by atoms with Crippen LogP contribution in [0, 0.1) is 0 Å². The molecule has 1 amide bonds. The van der Waals surface area contributed by atoms with Crippen LogP contribution in [0.5, 0.6) is 11.5 Å². The number of rotatable bonds is 4. The van der Waals surface area contributed by atoms with Gasteiger partial charge in [-0.3, -0.25) is 4.79 Å². The van der Waals surface area contributed by atoms with E-state index in [9.17, 15) is 4.79 Å². The van der Waals surface area contributed by atoms with Crippen LogP contribution in [0.15, 0.2) is 48.5 Å². The number of fused-ring (bicyclic) bond motifs is 1. The molecule has 122 valence electrons. The second kappa shape index (κ2) is 6.76. The van der Waals surface area contributed by atoms with Gasteiger partial charge in [0.1, 0.15) is 17.2 Å². The Morgan fingerprint density at radius 2 is 1.79 bits per heavy atom. The van der Waals surface area contributed by atoms with E-state index in [-0.39, 0.29) is 5.91 Å². The lowest BCUT2D eigenvalue weighted by molar-refractivity contribution is 0.102. The maximum atomic E-state index is 12.5. The molecule has 3 aromatic rings. The van der Waals surface area contributed by atoms with E-state index in [1.807, 2.05) is 30.3 Å². The number of benzene rings is 2. The second-order valence-corrected chi connectivity index (χ2v) is 5.44. The van der Waals surface area contributed by atoms with Gasteiger partial charge in [-0.25, -0.2) is 4.98 Å². The zero-order chi connectivity index (χ0) is 17.1. The Kier molecular flexibility index (Phi) is 4.53. The largest absolute Gasteiger partial charge is 0.495 e. The van der Waals surface area contributed by atoms with Gasteiger partial charge in [-0.05, 0) is 12.1 Å². The highest BCUT2D eigenvalue weighted by atomic mass is 35.5. The molecule has 0 saturated heterocycles. The van der Waals surface area contributed by atoms with Gasteiger partial charge in [-0.1, -0.05) is 35.9 Å². The van der Waals surface area contributed by atoms with Crippen LogP contribution in [0.1, 0.15) is 10.5 Å². The lowest BCUT2D eigenvalue weighted by atomic mass is 10.2. The molecule has 5 nitrogen and oxygen atoms in total. The van der Waals surface area contributed by atoms with Crippen LogP contribution in [0.4, 0.5) is 5.69 Å². The molecule has 0 radical (unpaired) electrons. The zero-order valence-electron chi connectivity index (χ0n) is 13.2. The second-order valence-electron chi connectivity index (χ2n) is 5.03. The minimum absolute atomic E-state index is 0.310. The molecule has 2 aromatic carbocycles. The van der Waals surface area contributed by atoms with Gasteiger partial charge in [0.25, 0.3) is 5.91 Å². The minimum atomic E-state index is -0.344. The van der Waals surface area contributed by atoms with Crippen LogP contribution in [0.3, 0.4) is 0 Å². The van der Waals surface area contributed by atoms with E-state index in [4.69, 9.17) is 21.1 Å². The number of anilines is 1.